The Balaban J connectivity index is 1.30. The zero-order chi connectivity index (χ0) is 21.9. The molecule has 1 fully saturated rings. The van der Waals surface area contributed by atoms with Crippen molar-refractivity contribution in [3.8, 4) is 0 Å². The highest BCUT2D eigenvalue weighted by molar-refractivity contribution is 5.95. The lowest BCUT2D eigenvalue weighted by Crippen LogP contribution is -2.33. The van der Waals surface area contributed by atoms with Crippen LogP contribution in [0.2, 0.25) is 0 Å². The van der Waals surface area contributed by atoms with Crippen LogP contribution in [-0.2, 0) is 4.79 Å². The molecule has 4 heteroatoms. The Morgan fingerprint density at radius 2 is 1.68 bits per heavy atom. The lowest BCUT2D eigenvalue weighted by atomic mass is 9.89. The first-order valence-corrected chi connectivity index (χ1v) is 11.9. The second-order valence-corrected chi connectivity index (χ2v) is 8.60. The SMILES string of the molecule is CCC(=O)Nc1cccc(C2CCN(CCCCCCC(=O)c3ccccc3)CC2)c1. The first-order chi connectivity index (χ1) is 15.2. The molecule has 2 aromatic carbocycles. The van der Waals surface area contributed by atoms with E-state index >= 15 is 0 Å². The van der Waals surface area contributed by atoms with Crippen molar-refractivity contribution >= 4 is 17.4 Å². The lowest BCUT2D eigenvalue weighted by molar-refractivity contribution is -0.115. The van der Waals surface area contributed by atoms with Gasteiger partial charge in [0.25, 0.3) is 0 Å². The number of nitrogens with zero attached hydrogens (tertiary/aromatic N) is 1. The van der Waals surface area contributed by atoms with Crippen molar-refractivity contribution in [3.05, 3.63) is 65.7 Å². The Bertz CT molecular complexity index is 826. The number of rotatable bonds is 11. The fraction of sp³-hybridized carbons (Fsp3) is 0.481. The van der Waals surface area contributed by atoms with Crippen LogP contribution in [0.25, 0.3) is 0 Å². The minimum absolute atomic E-state index is 0.0661. The number of Topliss-reactive ketones (excluding diaryl/α,β-unsaturated/α-hetero) is 1. The van der Waals surface area contributed by atoms with E-state index in [2.05, 4.69) is 28.4 Å². The fourth-order valence-electron chi connectivity index (χ4n) is 4.35. The second kappa shape index (κ2) is 12.4. The van der Waals surface area contributed by atoms with Crippen LogP contribution in [0, 0.1) is 0 Å². The third kappa shape index (κ3) is 7.62. The molecule has 0 spiro atoms. The van der Waals surface area contributed by atoms with Gasteiger partial charge in [-0.05, 0) is 68.9 Å². The minimum Gasteiger partial charge on any atom is -0.326 e. The van der Waals surface area contributed by atoms with Crippen molar-refractivity contribution in [1.29, 1.82) is 0 Å². The van der Waals surface area contributed by atoms with Crippen LogP contribution >= 0.6 is 0 Å². The third-order valence-corrected chi connectivity index (χ3v) is 6.27. The molecule has 1 heterocycles. The quantitative estimate of drug-likeness (QED) is 0.356. The van der Waals surface area contributed by atoms with Gasteiger partial charge >= 0.3 is 0 Å². The number of benzene rings is 2. The monoisotopic (exact) mass is 420 g/mol. The zero-order valence-electron chi connectivity index (χ0n) is 18.8. The van der Waals surface area contributed by atoms with Crippen LogP contribution in [0.5, 0.6) is 0 Å². The first-order valence-electron chi connectivity index (χ1n) is 11.9. The van der Waals surface area contributed by atoms with Crippen molar-refractivity contribution in [2.24, 2.45) is 0 Å². The van der Waals surface area contributed by atoms with Gasteiger partial charge in [-0.25, -0.2) is 0 Å². The maximum absolute atomic E-state index is 12.1. The van der Waals surface area contributed by atoms with Gasteiger partial charge in [-0.3, -0.25) is 9.59 Å². The van der Waals surface area contributed by atoms with E-state index < -0.39 is 0 Å². The Morgan fingerprint density at radius 1 is 0.935 bits per heavy atom. The summed E-state index contributed by atoms with van der Waals surface area (Å²) in [4.78, 5) is 26.4. The number of nitrogens with one attached hydrogen (secondary N) is 1. The van der Waals surface area contributed by atoms with E-state index in [9.17, 15) is 9.59 Å². The molecule has 31 heavy (non-hydrogen) atoms. The minimum atomic E-state index is 0.0661. The van der Waals surface area contributed by atoms with E-state index in [1.165, 1.54) is 31.2 Å². The molecule has 2 aromatic rings. The number of carbonyl (C=O) groups excluding carboxylic acids is 2. The van der Waals surface area contributed by atoms with Gasteiger partial charge in [-0.1, -0.05) is 62.2 Å². The molecule has 1 saturated heterocycles. The Hall–Kier alpha value is -2.46. The summed E-state index contributed by atoms with van der Waals surface area (Å²) in [5, 5.41) is 2.97. The molecular formula is C27H36N2O2. The summed E-state index contributed by atoms with van der Waals surface area (Å²) < 4.78 is 0. The van der Waals surface area contributed by atoms with Gasteiger partial charge in [-0.2, -0.15) is 0 Å². The third-order valence-electron chi connectivity index (χ3n) is 6.27. The molecule has 0 atom stereocenters. The van der Waals surface area contributed by atoms with E-state index in [-0.39, 0.29) is 11.7 Å². The summed E-state index contributed by atoms with van der Waals surface area (Å²) in [6.07, 6.45) is 8.04. The van der Waals surface area contributed by atoms with Gasteiger partial charge in [0.1, 0.15) is 0 Å². The Kier molecular flexibility index (Phi) is 9.29. The maximum Gasteiger partial charge on any atom is 0.224 e. The predicted octanol–water partition coefficient (Wildman–Crippen LogP) is 6.05. The summed E-state index contributed by atoms with van der Waals surface area (Å²) in [5.41, 5.74) is 3.10. The summed E-state index contributed by atoms with van der Waals surface area (Å²) in [6, 6.07) is 18.0. The standard InChI is InChI=1S/C27H36N2O2/c1-2-27(31)28-25-14-10-13-24(21-25)22-16-19-29(20-17-22)18-9-4-3-8-15-26(30)23-11-6-5-7-12-23/h5-7,10-14,21-22H,2-4,8-9,15-20H2,1H3,(H,28,31). The zero-order valence-corrected chi connectivity index (χ0v) is 18.8. The summed E-state index contributed by atoms with van der Waals surface area (Å²) in [7, 11) is 0. The summed E-state index contributed by atoms with van der Waals surface area (Å²) in [6.45, 7) is 5.32. The molecule has 0 unspecified atom stereocenters. The van der Waals surface area contributed by atoms with E-state index in [0.29, 0.717) is 18.8 Å². The predicted molar refractivity (Wildman–Crippen MR) is 128 cm³/mol. The Labute approximate surface area is 187 Å². The molecule has 0 saturated carbocycles. The number of anilines is 1. The topological polar surface area (TPSA) is 49.4 Å². The number of ketones is 1. The van der Waals surface area contributed by atoms with Gasteiger partial charge in [0, 0.05) is 24.1 Å². The van der Waals surface area contributed by atoms with Crippen molar-refractivity contribution in [2.75, 3.05) is 25.0 Å². The summed E-state index contributed by atoms with van der Waals surface area (Å²) in [5.74, 6) is 0.913. The highest BCUT2D eigenvalue weighted by Crippen LogP contribution is 2.29. The van der Waals surface area contributed by atoms with E-state index in [0.717, 1.165) is 43.7 Å². The fourth-order valence-corrected chi connectivity index (χ4v) is 4.35. The molecule has 3 rings (SSSR count). The van der Waals surface area contributed by atoms with Gasteiger partial charge in [0.15, 0.2) is 5.78 Å². The number of hydrogen-bond acceptors (Lipinski definition) is 3. The molecule has 4 nitrogen and oxygen atoms in total. The molecular weight excluding hydrogens is 384 g/mol. The van der Waals surface area contributed by atoms with Crippen LogP contribution in [0.15, 0.2) is 54.6 Å². The van der Waals surface area contributed by atoms with Gasteiger partial charge in [0.05, 0.1) is 0 Å². The van der Waals surface area contributed by atoms with E-state index in [4.69, 9.17) is 0 Å². The molecule has 1 amide bonds. The van der Waals surface area contributed by atoms with Crippen molar-refractivity contribution < 1.29 is 9.59 Å². The number of unbranched alkanes of at least 4 members (excludes halogenated alkanes) is 3. The average molecular weight is 421 g/mol. The van der Waals surface area contributed by atoms with E-state index in [1.807, 2.05) is 43.3 Å². The van der Waals surface area contributed by atoms with Crippen LogP contribution in [0.1, 0.15) is 80.1 Å². The van der Waals surface area contributed by atoms with Gasteiger partial charge in [-0.15, -0.1) is 0 Å². The van der Waals surface area contributed by atoms with Crippen molar-refractivity contribution in [3.63, 3.8) is 0 Å². The smallest absolute Gasteiger partial charge is 0.224 e. The summed E-state index contributed by atoms with van der Waals surface area (Å²) >= 11 is 0. The number of likely N-dealkylation sites (tertiary alicyclic amines) is 1. The van der Waals surface area contributed by atoms with Crippen LogP contribution in [-0.4, -0.2) is 36.2 Å². The molecule has 166 valence electrons. The van der Waals surface area contributed by atoms with Crippen molar-refractivity contribution in [1.82, 2.24) is 4.90 Å². The Morgan fingerprint density at radius 3 is 2.42 bits per heavy atom. The number of amides is 1. The number of piperidine rings is 1. The largest absolute Gasteiger partial charge is 0.326 e. The van der Waals surface area contributed by atoms with E-state index in [1.54, 1.807) is 0 Å². The second-order valence-electron chi connectivity index (χ2n) is 8.60. The molecule has 0 radical (unpaired) electrons. The van der Waals surface area contributed by atoms with Crippen LogP contribution in [0.3, 0.4) is 0 Å². The molecule has 1 aliphatic heterocycles. The number of carbonyl (C=O) groups is 2. The normalized spacial score (nSPS) is 15.0. The van der Waals surface area contributed by atoms with Crippen LogP contribution in [0.4, 0.5) is 5.69 Å². The number of hydrogen-bond donors (Lipinski definition) is 1. The lowest BCUT2D eigenvalue weighted by Gasteiger charge is -2.32. The van der Waals surface area contributed by atoms with Gasteiger partial charge < -0.3 is 10.2 Å². The highest BCUT2D eigenvalue weighted by atomic mass is 16.1. The molecule has 0 bridgehead atoms. The van der Waals surface area contributed by atoms with Crippen LogP contribution < -0.4 is 5.32 Å². The highest BCUT2D eigenvalue weighted by Gasteiger charge is 2.20. The molecule has 1 aliphatic rings. The average Bonchev–Trinajstić information content (AvgIpc) is 2.82. The molecule has 0 aromatic heterocycles. The maximum atomic E-state index is 12.1. The molecule has 0 aliphatic carbocycles. The van der Waals surface area contributed by atoms with Crippen molar-refractivity contribution in [2.45, 2.75) is 64.2 Å². The first kappa shape index (κ1) is 23.2. The van der Waals surface area contributed by atoms with Gasteiger partial charge in [0.2, 0.25) is 5.91 Å². The molecule has 1 N–H and O–H groups in total.